The number of rotatable bonds is 4. The summed E-state index contributed by atoms with van der Waals surface area (Å²) in [6.07, 6.45) is 2.57. The van der Waals surface area contributed by atoms with Crippen molar-refractivity contribution in [2.45, 2.75) is 19.9 Å². The van der Waals surface area contributed by atoms with E-state index >= 15 is 0 Å². The van der Waals surface area contributed by atoms with Crippen molar-refractivity contribution >= 4 is 23.2 Å². The molecule has 0 unspecified atom stereocenters. The summed E-state index contributed by atoms with van der Waals surface area (Å²) < 4.78 is 1.49. The molecule has 0 radical (unpaired) electrons. The highest BCUT2D eigenvalue weighted by molar-refractivity contribution is 6.29. The minimum atomic E-state index is -0.235. The fourth-order valence-corrected chi connectivity index (χ4v) is 2.28. The average molecular weight is 315 g/mol. The lowest BCUT2D eigenvalue weighted by molar-refractivity contribution is 0.0946. The van der Waals surface area contributed by atoms with Crippen molar-refractivity contribution in [3.8, 4) is 0 Å². The largest absolute Gasteiger partial charge is 0.347 e. The van der Waals surface area contributed by atoms with Crippen molar-refractivity contribution in [1.82, 2.24) is 19.9 Å². The van der Waals surface area contributed by atoms with E-state index in [-0.39, 0.29) is 5.91 Å². The number of amides is 1. The van der Waals surface area contributed by atoms with Crippen molar-refractivity contribution in [3.05, 3.63) is 64.6 Å². The van der Waals surface area contributed by atoms with E-state index in [1.54, 1.807) is 18.3 Å². The SMILES string of the molecule is CCc1ccc(CNC(=O)c2cn3nc(Cl)ccc3n2)cc1. The first-order valence-corrected chi connectivity index (χ1v) is 7.41. The predicted molar refractivity (Wildman–Crippen MR) is 85.0 cm³/mol. The maximum atomic E-state index is 12.1. The number of hydrogen-bond donors (Lipinski definition) is 1. The highest BCUT2D eigenvalue weighted by Crippen LogP contribution is 2.09. The van der Waals surface area contributed by atoms with E-state index in [4.69, 9.17) is 11.6 Å². The van der Waals surface area contributed by atoms with Gasteiger partial charge in [0, 0.05) is 6.54 Å². The number of aromatic nitrogens is 3. The summed E-state index contributed by atoms with van der Waals surface area (Å²) in [5.41, 5.74) is 3.23. The molecule has 0 aliphatic rings. The van der Waals surface area contributed by atoms with Gasteiger partial charge in [0.15, 0.2) is 5.65 Å². The zero-order valence-corrected chi connectivity index (χ0v) is 12.8. The second-order valence-corrected chi connectivity index (χ2v) is 5.32. The molecule has 0 aliphatic heterocycles. The van der Waals surface area contributed by atoms with Crippen LogP contribution in [-0.2, 0) is 13.0 Å². The average Bonchev–Trinajstić information content (AvgIpc) is 2.96. The summed E-state index contributed by atoms with van der Waals surface area (Å²) in [5, 5.41) is 7.26. The fraction of sp³-hybridized carbons (Fsp3) is 0.188. The van der Waals surface area contributed by atoms with Crippen molar-refractivity contribution in [2.24, 2.45) is 0 Å². The summed E-state index contributed by atoms with van der Waals surface area (Å²) in [7, 11) is 0. The maximum Gasteiger partial charge on any atom is 0.271 e. The van der Waals surface area contributed by atoms with E-state index in [0.717, 1.165) is 12.0 Å². The molecule has 2 heterocycles. The Morgan fingerprint density at radius 3 is 2.64 bits per heavy atom. The van der Waals surface area contributed by atoms with Crippen LogP contribution >= 0.6 is 11.6 Å². The molecule has 0 fully saturated rings. The number of aryl methyl sites for hydroxylation is 1. The molecular weight excluding hydrogens is 300 g/mol. The maximum absolute atomic E-state index is 12.1. The predicted octanol–water partition coefficient (Wildman–Crippen LogP) is 2.88. The van der Waals surface area contributed by atoms with Crippen LogP contribution in [0.2, 0.25) is 5.15 Å². The van der Waals surface area contributed by atoms with Crippen LogP contribution in [0.1, 0.15) is 28.5 Å². The van der Waals surface area contributed by atoms with E-state index in [1.165, 1.54) is 10.1 Å². The third kappa shape index (κ3) is 3.09. The number of hydrogen-bond acceptors (Lipinski definition) is 3. The van der Waals surface area contributed by atoms with Crippen LogP contribution in [0, 0.1) is 0 Å². The van der Waals surface area contributed by atoms with Gasteiger partial charge in [-0.15, -0.1) is 0 Å². The summed E-state index contributed by atoms with van der Waals surface area (Å²) >= 11 is 5.81. The molecule has 0 atom stereocenters. The zero-order valence-electron chi connectivity index (χ0n) is 12.1. The van der Waals surface area contributed by atoms with Gasteiger partial charge in [-0.3, -0.25) is 4.79 Å². The molecule has 0 saturated carbocycles. The van der Waals surface area contributed by atoms with E-state index < -0.39 is 0 Å². The first-order chi connectivity index (χ1) is 10.7. The van der Waals surface area contributed by atoms with Gasteiger partial charge < -0.3 is 5.32 Å². The standard InChI is InChI=1S/C16H15ClN4O/c1-2-11-3-5-12(6-4-11)9-18-16(22)13-10-21-15(19-13)8-7-14(17)20-21/h3-8,10H,2,9H2,1H3,(H,18,22). The van der Waals surface area contributed by atoms with Crippen LogP contribution in [0.3, 0.4) is 0 Å². The normalized spacial score (nSPS) is 10.8. The molecule has 22 heavy (non-hydrogen) atoms. The number of carbonyl (C=O) groups is 1. The van der Waals surface area contributed by atoms with Crippen molar-refractivity contribution in [2.75, 3.05) is 0 Å². The van der Waals surface area contributed by atoms with Gasteiger partial charge in [-0.1, -0.05) is 42.8 Å². The van der Waals surface area contributed by atoms with Crippen LogP contribution < -0.4 is 5.32 Å². The first-order valence-electron chi connectivity index (χ1n) is 7.03. The quantitative estimate of drug-likeness (QED) is 0.805. The Kier molecular flexibility index (Phi) is 4.06. The number of nitrogens with one attached hydrogen (secondary N) is 1. The minimum absolute atomic E-state index is 0.235. The Hall–Kier alpha value is -2.40. The van der Waals surface area contributed by atoms with Crippen molar-refractivity contribution in [1.29, 1.82) is 0 Å². The molecule has 6 heteroatoms. The van der Waals surface area contributed by atoms with E-state index in [2.05, 4.69) is 34.5 Å². The number of benzene rings is 1. The van der Waals surface area contributed by atoms with Crippen LogP contribution in [0.25, 0.3) is 5.65 Å². The van der Waals surface area contributed by atoms with Crippen molar-refractivity contribution < 1.29 is 4.79 Å². The molecule has 1 amide bonds. The number of imidazole rings is 1. The highest BCUT2D eigenvalue weighted by Gasteiger charge is 2.11. The van der Waals surface area contributed by atoms with Gasteiger partial charge in [0.2, 0.25) is 0 Å². The second kappa shape index (κ2) is 6.15. The van der Waals surface area contributed by atoms with E-state index in [0.29, 0.717) is 23.0 Å². The molecule has 0 bridgehead atoms. The fourth-order valence-electron chi connectivity index (χ4n) is 2.13. The summed E-state index contributed by atoms with van der Waals surface area (Å²) in [4.78, 5) is 16.4. The molecule has 112 valence electrons. The van der Waals surface area contributed by atoms with Gasteiger partial charge >= 0.3 is 0 Å². The second-order valence-electron chi connectivity index (χ2n) is 4.94. The Labute approximate surface area is 132 Å². The molecule has 0 aliphatic carbocycles. The monoisotopic (exact) mass is 314 g/mol. The molecule has 0 saturated heterocycles. The Morgan fingerprint density at radius 2 is 1.91 bits per heavy atom. The minimum Gasteiger partial charge on any atom is -0.347 e. The summed E-state index contributed by atoms with van der Waals surface area (Å²) in [5.74, 6) is -0.235. The molecule has 1 aromatic carbocycles. The first kappa shape index (κ1) is 14.5. The number of fused-ring (bicyclic) bond motifs is 1. The molecular formula is C16H15ClN4O. The van der Waals surface area contributed by atoms with Gasteiger partial charge in [-0.05, 0) is 29.7 Å². The van der Waals surface area contributed by atoms with E-state index in [9.17, 15) is 4.79 Å². The molecule has 0 spiro atoms. The molecule has 2 aromatic heterocycles. The summed E-state index contributed by atoms with van der Waals surface area (Å²) in [6, 6.07) is 11.5. The molecule has 3 rings (SSSR count). The Bertz CT molecular complexity index is 811. The van der Waals surface area contributed by atoms with Crippen LogP contribution in [-0.4, -0.2) is 20.5 Å². The number of carbonyl (C=O) groups excluding carboxylic acids is 1. The third-order valence-electron chi connectivity index (χ3n) is 3.40. The van der Waals surface area contributed by atoms with Gasteiger partial charge in [-0.25, -0.2) is 9.50 Å². The Morgan fingerprint density at radius 1 is 1.18 bits per heavy atom. The number of halogens is 1. The van der Waals surface area contributed by atoms with Crippen LogP contribution in [0.4, 0.5) is 0 Å². The molecule has 5 nitrogen and oxygen atoms in total. The van der Waals surface area contributed by atoms with Gasteiger partial charge in [-0.2, -0.15) is 5.10 Å². The zero-order chi connectivity index (χ0) is 15.5. The van der Waals surface area contributed by atoms with E-state index in [1.807, 2.05) is 12.1 Å². The molecule has 3 aromatic rings. The van der Waals surface area contributed by atoms with Gasteiger partial charge in [0.25, 0.3) is 5.91 Å². The lowest BCUT2D eigenvalue weighted by Gasteiger charge is -2.04. The van der Waals surface area contributed by atoms with Crippen molar-refractivity contribution in [3.63, 3.8) is 0 Å². The number of nitrogens with zero attached hydrogens (tertiary/aromatic N) is 3. The van der Waals surface area contributed by atoms with Gasteiger partial charge in [0.05, 0.1) is 6.20 Å². The lowest BCUT2D eigenvalue weighted by Crippen LogP contribution is -2.23. The van der Waals surface area contributed by atoms with Crippen LogP contribution in [0.15, 0.2) is 42.6 Å². The lowest BCUT2D eigenvalue weighted by atomic mass is 10.1. The van der Waals surface area contributed by atoms with Gasteiger partial charge in [0.1, 0.15) is 10.8 Å². The molecule has 1 N–H and O–H groups in total. The highest BCUT2D eigenvalue weighted by atomic mass is 35.5. The third-order valence-corrected chi connectivity index (χ3v) is 3.61. The smallest absolute Gasteiger partial charge is 0.271 e. The Balaban J connectivity index is 1.69. The van der Waals surface area contributed by atoms with Crippen LogP contribution in [0.5, 0.6) is 0 Å². The topological polar surface area (TPSA) is 59.3 Å². The summed E-state index contributed by atoms with van der Waals surface area (Å²) in [6.45, 7) is 2.57.